The molecule has 3 heterocycles. The van der Waals surface area contributed by atoms with Gasteiger partial charge in [-0.15, -0.1) is 0 Å². The van der Waals surface area contributed by atoms with Crippen LogP contribution >= 0.6 is 0 Å². The van der Waals surface area contributed by atoms with Crippen molar-refractivity contribution < 1.29 is 0 Å². The summed E-state index contributed by atoms with van der Waals surface area (Å²) in [6.07, 6.45) is 11.7. The first kappa shape index (κ1) is 10.8. The van der Waals surface area contributed by atoms with Crippen LogP contribution in [0.25, 0.3) is 5.70 Å². The van der Waals surface area contributed by atoms with Gasteiger partial charge in [0.25, 0.3) is 0 Å². The van der Waals surface area contributed by atoms with Crippen LogP contribution in [0.1, 0.15) is 17.6 Å². The molecule has 2 aromatic rings. The van der Waals surface area contributed by atoms with E-state index in [2.05, 4.69) is 21.4 Å². The summed E-state index contributed by atoms with van der Waals surface area (Å²) >= 11 is 0. The molecule has 0 amide bonds. The number of nitrogens with zero attached hydrogens (tertiary/aromatic N) is 3. The summed E-state index contributed by atoms with van der Waals surface area (Å²) in [5.74, 6) is 0.993. The Bertz CT molecular complexity index is 595. The minimum Gasteiger partial charge on any atom is -0.370 e. The Morgan fingerprint density at radius 2 is 2.17 bits per heavy atom. The van der Waals surface area contributed by atoms with Gasteiger partial charge >= 0.3 is 0 Å². The molecule has 18 heavy (non-hydrogen) atoms. The molecule has 4 nitrogen and oxygen atoms in total. The fraction of sp³-hybridized carbons (Fsp3) is 0.143. The smallest absolute Gasteiger partial charge is 0.135 e. The van der Waals surface area contributed by atoms with Crippen LogP contribution in [0.4, 0.5) is 0 Å². The van der Waals surface area contributed by atoms with Gasteiger partial charge in [-0.05, 0) is 18.2 Å². The molecule has 90 valence electrons. The third-order valence-electron chi connectivity index (χ3n) is 2.95. The molecule has 0 spiro atoms. The quantitative estimate of drug-likeness (QED) is 0.870. The van der Waals surface area contributed by atoms with Crippen molar-refractivity contribution in [3.8, 4) is 0 Å². The zero-order valence-corrected chi connectivity index (χ0v) is 10.1. The SMILES string of the molecule is Cn1ccnc1C1C=CC=C(c2ccccn2)N1. The van der Waals surface area contributed by atoms with E-state index in [0.717, 1.165) is 17.2 Å². The van der Waals surface area contributed by atoms with Gasteiger partial charge in [-0.2, -0.15) is 0 Å². The fourth-order valence-corrected chi connectivity index (χ4v) is 2.04. The highest BCUT2D eigenvalue weighted by molar-refractivity contribution is 5.64. The molecule has 0 saturated carbocycles. The maximum Gasteiger partial charge on any atom is 0.135 e. The maximum atomic E-state index is 4.37. The zero-order valence-electron chi connectivity index (χ0n) is 10.1. The topological polar surface area (TPSA) is 42.7 Å². The molecule has 0 radical (unpaired) electrons. The largest absolute Gasteiger partial charge is 0.370 e. The molecule has 0 aromatic carbocycles. The van der Waals surface area contributed by atoms with E-state index in [4.69, 9.17) is 0 Å². The van der Waals surface area contributed by atoms with Crippen LogP contribution in [0.2, 0.25) is 0 Å². The second-order valence-electron chi connectivity index (χ2n) is 4.20. The Hall–Kier alpha value is -2.36. The zero-order chi connectivity index (χ0) is 12.4. The molecule has 0 aliphatic carbocycles. The fourth-order valence-electron chi connectivity index (χ4n) is 2.04. The van der Waals surface area contributed by atoms with Crippen molar-refractivity contribution >= 4 is 5.70 Å². The molecule has 1 unspecified atom stereocenters. The molecule has 4 heteroatoms. The van der Waals surface area contributed by atoms with Gasteiger partial charge in [-0.25, -0.2) is 4.98 Å². The number of allylic oxidation sites excluding steroid dienone is 2. The lowest BCUT2D eigenvalue weighted by atomic mass is 10.1. The minimum absolute atomic E-state index is 0.0898. The number of dihydropyridines is 1. The Kier molecular flexibility index (Phi) is 2.68. The van der Waals surface area contributed by atoms with Crippen molar-refractivity contribution in [2.24, 2.45) is 7.05 Å². The molecular formula is C14H14N4. The van der Waals surface area contributed by atoms with Crippen LogP contribution in [0, 0.1) is 0 Å². The van der Waals surface area contributed by atoms with Gasteiger partial charge in [0, 0.05) is 25.6 Å². The van der Waals surface area contributed by atoms with E-state index in [9.17, 15) is 0 Å². The predicted molar refractivity (Wildman–Crippen MR) is 70.4 cm³/mol. The van der Waals surface area contributed by atoms with Crippen molar-refractivity contribution in [2.45, 2.75) is 6.04 Å². The number of aryl methyl sites for hydroxylation is 1. The summed E-state index contributed by atoms with van der Waals surface area (Å²) in [6, 6.07) is 5.98. The van der Waals surface area contributed by atoms with Gasteiger partial charge < -0.3 is 9.88 Å². The van der Waals surface area contributed by atoms with Crippen LogP contribution in [0.15, 0.2) is 55.0 Å². The standard InChI is InChI=1S/C14H14N4/c1-18-10-9-16-14(18)13-7-4-6-12(17-13)11-5-2-3-8-15-11/h2-10,13,17H,1H3. The maximum absolute atomic E-state index is 4.37. The summed E-state index contributed by atoms with van der Waals surface area (Å²) in [5, 5.41) is 3.44. The predicted octanol–water partition coefficient (Wildman–Crippen LogP) is 2.06. The van der Waals surface area contributed by atoms with Crippen LogP contribution in [-0.2, 0) is 7.05 Å². The monoisotopic (exact) mass is 238 g/mol. The third-order valence-corrected chi connectivity index (χ3v) is 2.95. The van der Waals surface area contributed by atoms with Gasteiger partial charge in [0.2, 0.25) is 0 Å². The van der Waals surface area contributed by atoms with E-state index in [1.54, 1.807) is 6.20 Å². The molecular weight excluding hydrogens is 224 g/mol. The van der Waals surface area contributed by atoms with Crippen LogP contribution in [0.5, 0.6) is 0 Å². The average molecular weight is 238 g/mol. The van der Waals surface area contributed by atoms with Crippen LogP contribution in [0.3, 0.4) is 0 Å². The average Bonchev–Trinajstić information content (AvgIpc) is 2.86. The molecule has 1 atom stereocenters. The lowest BCUT2D eigenvalue weighted by Crippen LogP contribution is -2.23. The van der Waals surface area contributed by atoms with Gasteiger partial charge in [-0.3, -0.25) is 4.98 Å². The first-order valence-electron chi connectivity index (χ1n) is 5.88. The second kappa shape index (κ2) is 4.49. The Morgan fingerprint density at radius 3 is 2.89 bits per heavy atom. The number of hydrogen-bond acceptors (Lipinski definition) is 3. The van der Waals surface area contributed by atoms with E-state index in [1.165, 1.54) is 0 Å². The highest BCUT2D eigenvalue weighted by atomic mass is 15.1. The van der Waals surface area contributed by atoms with E-state index >= 15 is 0 Å². The summed E-state index contributed by atoms with van der Waals surface area (Å²) in [5.41, 5.74) is 1.96. The third kappa shape index (κ3) is 1.93. The Balaban J connectivity index is 1.87. The second-order valence-corrected chi connectivity index (χ2v) is 4.20. The first-order chi connectivity index (χ1) is 8.84. The van der Waals surface area contributed by atoms with Crippen LogP contribution < -0.4 is 5.32 Å². The molecule has 1 aliphatic rings. The molecule has 3 rings (SSSR count). The molecule has 1 N–H and O–H groups in total. The number of aromatic nitrogens is 3. The van der Waals surface area contributed by atoms with Crippen LogP contribution in [-0.4, -0.2) is 14.5 Å². The van der Waals surface area contributed by atoms with Crippen molar-refractivity contribution in [1.29, 1.82) is 0 Å². The van der Waals surface area contributed by atoms with Crippen molar-refractivity contribution in [2.75, 3.05) is 0 Å². The summed E-state index contributed by atoms with van der Waals surface area (Å²) < 4.78 is 2.02. The number of imidazole rings is 1. The Labute approximate surface area is 106 Å². The van der Waals surface area contributed by atoms with E-state index in [0.29, 0.717) is 0 Å². The molecule has 0 saturated heterocycles. The number of rotatable bonds is 2. The Morgan fingerprint density at radius 1 is 1.22 bits per heavy atom. The highest BCUT2D eigenvalue weighted by Crippen LogP contribution is 2.21. The number of pyridine rings is 1. The molecule has 0 fully saturated rings. The highest BCUT2D eigenvalue weighted by Gasteiger charge is 2.17. The summed E-state index contributed by atoms with van der Waals surface area (Å²) in [6.45, 7) is 0. The van der Waals surface area contributed by atoms with Gasteiger partial charge in [0.05, 0.1) is 11.4 Å². The summed E-state index contributed by atoms with van der Waals surface area (Å²) in [4.78, 5) is 8.72. The normalized spacial score (nSPS) is 18.3. The van der Waals surface area contributed by atoms with Gasteiger partial charge in [0.15, 0.2) is 0 Å². The minimum atomic E-state index is 0.0898. The van der Waals surface area contributed by atoms with Gasteiger partial charge in [-0.1, -0.05) is 18.2 Å². The molecule has 1 aliphatic heterocycles. The van der Waals surface area contributed by atoms with Crippen molar-refractivity contribution in [1.82, 2.24) is 19.9 Å². The first-order valence-corrected chi connectivity index (χ1v) is 5.88. The van der Waals surface area contributed by atoms with Crippen molar-refractivity contribution in [3.05, 3.63) is 66.5 Å². The van der Waals surface area contributed by atoms with Crippen molar-refractivity contribution in [3.63, 3.8) is 0 Å². The molecule has 2 aromatic heterocycles. The lowest BCUT2D eigenvalue weighted by molar-refractivity contribution is 0.662. The number of hydrogen-bond donors (Lipinski definition) is 1. The van der Waals surface area contributed by atoms with E-state index in [1.807, 2.05) is 54.4 Å². The molecule has 0 bridgehead atoms. The van der Waals surface area contributed by atoms with E-state index < -0.39 is 0 Å². The lowest BCUT2D eigenvalue weighted by Gasteiger charge is -2.21. The number of nitrogens with one attached hydrogen (secondary N) is 1. The summed E-state index contributed by atoms with van der Waals surface area (Å²) in [7, 11) is 2.00. The van der Waals surface area contributed by atoms with Gasteiger partial charge in [0.1, 0.15) is 11.9 Å². The van der Waals surface area contributed by atoms with E-state index in [-0.39, 0.29) is 6.04 Å².